The first-order chi connectivity index (χ1) is 39.5. The molecule has 456 valence electrons. The zero-order valence-electron chi connectivity index (χ0n) is 52.3. The molecule has 0 aromatic rings. The molecule has 6 nitrogen and oxygen atoms in total. The minimum atomic E-state index is -0.790. The standard InChI is InChI=1S/C74H124O6/c1-4-7-10-13-16-19-22-25-27-28-29-30-31-32-33-34-35-36-37-38-39-40-41-42-43-44-45-46-47-50-52-55-58-61-64-67-73(76)79-70-71(69-78-72(75)66-63-60-57-54-51-48-24-21-18-15-12-9-6-3)80-74(77)68-65-62-59-56-53-49-26-23-20-17-14-11-8-5-2/h7,9-10,12,16,18-19,21,25,27,29-30,32-33,35-36,38-39,48,51,71H,4-6,8,11,13-15,17,20,22-24,26,28,31,34,37,40-47,49-50,52-70H2,1-3H3/b10-7-,12-9-,19-16-,21-18-,27-25-,30-29-,33-32-,36-35-,39-38-,51-48-. The molecule has 0 aromatic heterocycles. The van der Waals surface area contributed by atoms with Gasteiger partial charge in [0.15, 0.2) is 6.10 Å². The first-order valence-electron chi connectivity index (χ1n) is 33.5. The Balaban J connectivity index is 4.17. The monoisotopic (exact) mass is 1110 g/mol. The van der Waals surface area contributed by atoms with E-state index in [4.69, 9.17) is 14.2 Å². The van der Waals surface area contributed by atoms with Crippen LogP contribution in [0.1, 0.15) is 310 Å². The summed E-state index contributed by atoms with van der Waals surface area (Å²) in [6.45, 7) is 6.40. The molecule has 0 aliphatic carbocycles. The smallest absolute Gasteiger partial charge is 0.306 e. The second kappa shape index (κ2) is 67.3. The second-order valence-electron chi connectivity index (χ2n) is 22.0. The summed E-state index contributed by atoms with van der Waals surface area (Å²) in [5.41, 5.74) is 0. The molecule has 0 radical (unpaired) electrons. The van der Waals surface area contributed by atoms with Gasteiger partial charge in [-0.2, -0.15) is 0 Å². The van der Waals surface area contributed by atoms with E-state index in [2.05, 4.69) is 142 Å². The van der Waals surface area contributed by atoms with Gasteiger partial charge in [0.2, 0.25) is 0 Å². The number of ether oxygens (including phenoxy) is 3. The zero-order valence-corrected chi connectivity index (χ0v) is 52.3. The number of rotatable bonds is 60. The van der Waals surface area contributed by atoms with Crippen LogP contribution in [0.2, 0.25) is 0 Å². The maximum Gasteiger partial charge on any atom is 0.306 e. The largest absolute Gasteiger partial charge is 0.462 e. The summed E-state index contributed by atoms with van der Waals surface area (Å²) in [5.74, 6) is -0.909. The molecule has 6 heteroatoms. The molecule has 0 rings (SSSR count). The van der Waals surface area contributed by atoms with Crippen LogP contribution in [0.25, 0.3) is 0 Å². The van der Waals surface area contributed by atoms with Crippen LogP contribution in [0.4, 0.5) is 0 Å². The molecule has 80 heavy (non-hydrogen) atoms. The Hall–Kier alpha value is -4.19. The molecule has 0 aliphatic rings. The average Bonchev–Trinajstić information content (AvgIpc) is 3.46. The molecule has 0 amide bonds. The van der Waals surface area contributed by atoms with Gasteiger partial charge < -0.3 is 14.2 Å². The van der Waals surface area contributed by atoms with Gasteiger partial charge in [-0.3, -0.25) is 14.4 Å². The predicted octanol–water partition coefficient (Wildman–Crippen LogP) is 23.2. The number of esters is 3. The lowest BCUT2D eigenvalue weighted by atomic mass is 10.0. The summed E-state index contributed by atoms with van der Waals surface area (Å²) in [6.07, 6.45) is 93.7. The van der Waals surface area contributed by atoms with E-state index in [1.165, 1.54) is 141 Å². The van der Waals surface area contributed by atoms with Crippen molar-refractivity contribution in [3.8, 4) is 0 Å². The van der Waals surface area contributed by atoms with E-state index in [1.807, 2.05) is 0 Å². The maximum absolute atomic E-state index is 12.9. The lowest BCUT2D eigenvalue weighted by molar-refractivity contribution is -0.167. The molecule has 0 aliphatic heterocycles. The van der Waals surface area contributed by atoms with Gasteiger partial charge in [-0.15, -0.1) is 0 Å². The van der Waals surface area contributed by atoms with E-state index in [-0.39, 0.29) is 31.1 Å². The minimum Gasteiger partial charge on any atom is -0.462 e. The first-order valence-corrected chi connectivity index (χ1v) is 33.5. The fourth-order valence-electron chi connectivity index (χ4n) is 9.26. The summed E-state index contributed by atoms with van der Waals surface area (Å²) in [7, 11) is 0. The van der Waals surface area contributed by atoms with Gasteiger partial charge >= 0.3 is 17.9 Å². The van der Waals surface area contributed by atoms with E-state index < -0.39 is 6.10 Å². The fourth-order valence-corrected chi connectivity index (χ4v) is 9.26. The second-order valence-corrected chi connectivity index (χ2v) is 22.0. The van der Waals surface area contributed by atoms with Crippen molar-refractivity contribution < 1.29 is 28.6 Å². The molecule has 0 saturated carbocycles. The number of carbonyl (C=O) groups excluding carboxylic acids is 3. The molecule has 0 fully saturated rings. The van der Waals surface area contributed by atoms with Gasteiger partial charge in [0.1, 0.15) is 13.2 Å². The summed E-state index contributed by atoms with van der Waals surface area (Å²) in [4.78, 5) is 38.3. The van der Waals surface area contributed by atoms with Crippen LogP contribution in [0.5, 0.6) is 0 Å². The molecule has 0 N–H and O–H groups in total. The van der Waals surface area contributed by atoms with Crippen molar-refractivity contribution in [1.29, 1.82) is 0 Å². The van der Waals surface area contributed by atoms with Crippen LogP contribution in [-0.4, -0.2) is 37.2 Å². The molecule has 0 saturated heterocycles. The van der Waals surface area contributed by atoms with E-state index in [1.54, 1.807) is 0 Å². The van der Waals surface area contributed by atoms with Crippen LogP contribution >= 0.6 is 0 Å². The van der Waals surface area contributed by atoms with Gasteiger partial charge in [0.05, 0.1) is 0 Å². The topological polar surface area (TPSA) is 78.9 Å². The Kier molecular flexibility index (Phi) is 63.8. The summed E-state index contributed by atoms with van der Waals surface area (Å²) < 4.78 is 16.9. The highest BCUT2D eigenvalue weighted by Crippen LogP contribution is 2.17. The van der Waals surface area contributed by atoms with E-state index in [9.17, 15) is 14.4 Å². The number of unbranched alkanes of at least 4 members (excludes halogenated alkanes) is 29. The van der Waals surface area contributed by atoms with Crippen molar-refractivity contribution in [2.24, 2.45) is 0 Å². The van der Waals surface area contributed by atoms with Crippen LogP contribution in [0.15, 0.2) is 122 Å². The molecule has 0 heterocycles. The number of hydrogen-bond acceptors (Lipinski definition) is 6. The Morgan fingerprint density at radius 3 is 0.775 bits per heavy atom. The molecule has 1 unspecified atom stereocenters. The molecule has 0 bridgehead atoms. The lowest BCUT2D eigenvalue weighted by Crippen LogP contribution is -2.30. The number of hydrogen-bond donors (Lipinski definition) is 0. The fraction of sp³-hybridized carbons (Fsp3) is 0.689. The van der Waals surface area contributed by atoms with E-state index >= 15 is 0 Å². The quantitative estimate of drug-likeness (QED) is 0.0261. The number of allylic oxidation sites excluding steroid dienone is 20. The molecular formula is C74H124O6. The van der Waals surface area contributed by atoms with Crippen molar-refractivity contribution in [2.45, 2.75) is 316 Å². The van der Waals surface area contributed by atoms with Gasteiger partial charge in [0, 0.05) is 19.3 Å². The normalized spacial score (nSPS) is 12.9. The Morgan fingerprint density at radius 2 is 0.487 bits per heavy atom. The SMILES string of the molecule is CC/C=C\C/C=C\C/C=C\C/C=C\C/C=C\C/C=C\C/C=C\CCCCCCCCCCCCCCCC(=O)OCC(COC(=O)CCCCC/C=C\C/C=C\C/C=C\CC)OC(=O)CCCCCCCCCCCCCCCC. The van der Waals surface area contributed by atoms with Crippen molar-refractivity contribution in [2.75, 3.05) is 13.2 Å². The third-order valence-electron chi connectivity index (χ3n) is 14.2. The zero-order chi connectivity index (χ0) is 57.8. The summed E-state index contributed by atoms with van der Waals surface area (Å²) in [6, 6.07) is 0. The highest BCUT2D eigenvalue weighted by Gasteiger charge is 2.19. The Bertz CT molecular complexity index is 1650. The van der Waals surface area contributed by atoms with Crippen molar-refractivity contribution in [3.63, 3.8) is 0 Å². The Morgan fingerprint density at radius 1 is 0.263 bits per heavy atom. The van der Waals surface area contributed by atoms with Gasteiger partial charge in [0.25, 0.3) is 0 Å². The summed E-state index contributed by atoms with van der Waals surface area (Å²) >= 11 is 0. The first kappa shape index (κ1) is 75.8. The van der Waals surface area contributed by atoms with E-state index in [0.717, 1.165) is 128 Å². The van der Waals surface area contributed by atoms with Crippen LogP contribution < -0.4 is 0 Å². The van der Waals surface area contributed by atoms with Gasteiger partial charge in [-0.25, -0.2) is 0 Å². The highest BCUT2D eigenvalue weighted by atomic mass is 16.6. The van der Waals surface area contributed by atoms with Gasteiger partial charge in [-0.05, 0) is 109 Å². The average molecular weight is 1110 g/mol. The van der Waals surface area contributed by atoms with Gasteiger partial charge in [-0.1, -0.05) is 303 Å². The predicted molar refractivity (Wildman–Crippen MR) is 348 cm³/mol. The molecule has 0 spiro atoms. The van der Waals surface area contributed by atoms with Crippen molar-refractivity contribution >= 4 is 17.9 Å². The maximum atomic E-state index is 12.9. The molecule has 1 atom stereocenters. The summed E-state index contributed by atoms with van der Waals surface area (Å²) in [5, 5.41) is 0. The Labute approximate surface area is 494 Å². The molecule has 0 aromatic carbocycles. The highest BCUT2D eigenvalue weighted by molar-refractivity contribution is 5.71. The number of carbonyl (C=O) groups is 3. The third kappa shape index (κ3) is 64.6. The van der Waals surface area contributed by atoms with E-state index in [0.29, 0.717) is 19.3 Å². The van der Waals surface area contributed by atoms with Crippen molar-refractivity contribution in [1.82, 2.24) is 0 Å². The molecular weight excluding hydrogens is 985 g/mol. The minimum absolute atomic E-state index is 0.0861. The third-order valence-corrected chi connectivity index (χ3v) is 14.2. The van der Waals surface area contributed by atoms with Crippen LogP contribution in [0.3, 0.4) is 0 Å². The van der Waals surface area contributed by atoms with Crippen molar-refractivity contribution in [3.05, 3.63) is 122 Å². The lowest BCUT2D eigenvalue weighted by Gasteiger charge is -2.18. The van der Waals surface area contributed by atoms with Crippen LogP contribution in [-0.2, 0) is 28.6 Å². The van der Waals surface area contributed by atoms with Crippen LogP contribution in [0, 0.1) is 0 Å².